The van der Waals surface area contributed by atoms with Crippen LogP contribution >= 0.6 is 0 Å². The van der Waals surface area contributed by atoms with E-state index in [4.69, 9.17) is 9.47 Å². The third kappa shape index (κ3) is 4.54. The number of hydrogen-bond acceptors (Lipinski definition) is 7. The molecular weight excluding hydrogens is 474 g/mol. The molecule has 2 fully saturated rings. The number of imide groups is 1. The molecule has 0 bridgehead atoms. The fraction of sp³-hybridized carbons (Fsp3) is 0.375. The number of carbonyl (C=O) groups excluding carboxylic acids is 3. The van der Waals surface area contributed by atoms with Crippen molar-refractivity contribution < 1.29 is 32.3 Å². The summed E-state index contributed by atoms with van der Waals surface area (Å²) in [6, 6.07) is 11.0. The van der Waals surface area contributed by atoms with E-state index >= 15 is 0 Å². The lowest BCUT2D eigenvalue weighted by atomic mass is 10.0. The fourth-order valence-electron chi connectivity index (χ4n) is 4.55. The van der Waals surface area contributed by atoms with E-state index < -0.39 is 22.0 Å². The molecule has 3 aliphatic rings. The van der Waals surface area contributed by atoms with Crippen LogP contribution in [0.4, 0.5) is 0 Å². The van der Waals surface area contributed by atoms with Crippen LogP contribution in [0.5, 0.6) is 5.75 Å². The van der Waals surface area contributed by atoms with Crippen molar-refractivity contribution in [3.8, 4) is 5.75 Å². The highest BCUT2D eigenvalue weighted by Gasteiger charge is 2.40. The highest BCUT2D eigenvalue weighted by Crippen LogP contribution is 2.34. The van der Waals surface area contributed by atoms with Crippen LogP contribution in [-0.2, 0) is 37.5 Å². The highest BCUT2D eigenvalue weighted by molar-refractivity contribution is 7.89. The molecule has 1 atom stereocenters. The Kier molecular flexibility index (Phi) is 6.30. The number of carbonyl (C=O) groups is 3. The largest absolute Gasteiger partial charge is 0.489 e. The van der Waals surface area contributed by atoms with Crippen LogP contribution in [-0.4, -0.2) is 67.7 Å². The van der Waals surface area contributed by atoms with Crippen molar-refractivity contribution in [1.29, 1.82) is 0 Å². The van der Waals surface area contributed by atoms with Crippen molar-refractivity contribution in [2.45, 2.75) is 36.9 Å². The van der Waals surface area contributed by atoms with Crippen molar-refractivity contribution in [1.82, 2.24) is 14.5 Å². The van der Waals surface area contributed by atoms with E-state index in [1.165, 1.54) is 9.21 Å². The molecule has 0 saturated carbocycles. The lowest BCUT2D eigenvalue weighted by Crippen LogP contribution is -2.52. The van der Waals surface area contributed by atoms with Gasteiger partial charge in [-0.3, -0.25) is 19.7 Å². The highest BCUT2D eigenvalue weighted by atomic mass is 32.2. The molecule has 184 valence electrons. The second-order valence-corrected chi connectivity index (χ2v) is 10.6. The summed E-state index contributed by atoms with van der Waals surface area (Å²) >= 11 is 0. The number of amides is 3. The van der Waals surface area contributed by atoms with Crippen LogP contribution in [0, 0.1) is 0 Å². The molecule has 1 unspecified atom stereocenters. The smallest absolute Gasteiger partial charge is 0.255 e. The SMILES string of the molecule is O=C1CCC(N2Cc3c(OCc4ccc(S(=O)(=O)N5CCOCC5)cc4)cccc3C2=O)C(=O)N1. The summed E-state index contributed by atoms with van der Waals surface area (Å²) in [5.41, 5.74) is 1.93. The number of benzene rings is 2. The van der Waals surface area contributed by atoms with Crippen molar-refractivity contribution >= 4 is 27.7 Å². The number of hydrogen-bond donors (Lipinski definition) is 1. The molecule has 0 spiro atoms. The van der Waals surface area contributed by atoms with Gasteiger partial charge >= 0.3 is 0 Å². The van der Waals surface area contributed by atoms with Crippen molar-refractivity contribution in [3.63, 3.8) is 0 Å². The fourth-order valence-corrected chi connectivity index (χ4v) is 5.96. The quantitative estimate of drug-likeness (QED) is 0.590. The van der Waals surface area contributed by atoms with Crippen molar-refractivity contribution in [3.05, 3.63) is 59.2 Å². The second-order valence-electron chi connectivity index (χ2n) is 8.63. The zero-order chi connectivity index (χ0) is 24.6. The minimum Gasteiger partial charge on any atom is -0.489 e. The third-order valence-corrected chi connectivity index (χ3v) is 8.38. The second kappa shape index (κ2) is 9.40. The van der Waals surface area contributed by atoms with E-state index in [0.717, 1.165) is 5.56 Å². The number of morpholine rings is 1. The molecule has 2 saturated heterocycles. The molecule has 0 aromatic heterocycles. The number of piperidine rings is 1. The Morgan fingerprint density at radius 3 is 2.49 bits per heavy atom. The van der Waals surface area contributed by atoms with Gasteiger partial charge in [0.25, 0.3) is 5.91 Å². The molecule has 1 N–H and O–H groups in total. The third-order valence-electron chi connectivity index (χ3n) is 6.46. The first-order chi connectivity index (χ1) is 16.8. The zero-order valence-electron chi connectivity index (χ0n) is 18.9. The first kappa shape index (κ1) is 23.5. The number of rotatable bonds is 6. The van der Waals surface area contributed by atoms with Gasteiger partial charge in [0.2, 0.25) is 21.8 Å². The average Bonchev–Trinajstić information content (AvgIpc) is 3.20. The van der Waals surface area contributed by atoms with Gasteiger partial charge in [-0.2, -0.15) is 4.31 Å². The van der Waals surface area contributed by atoms with Crippen LogP contribution in [0.15, 0.2) is 47.4 Å². The Morgan fingerprint density at radius 2 is 1.77 bits per heavy atom. The summed E-state index contributed by atoms with van der Waals surface area (Å²) in [7, 11) is -3.57. The predicted octanol–water partition coefficient (Wildman–Crippen LogP) is 1.05. The van der Waals surface area contributed by atoms with E-state index in [1.807, 2.05) is 0 Å². The molecule has 3 amide bonds. The van der Waals surface area contributed by atoms with E-state index in [1.54, 1.807) is 42.5 Å². The summed E-state index contributed by atoms with van der Waals surface area (Å²) in [5, 5.41) is 2.30. The number of nitrogens with zero attached hydrogens (tertiary/aromatic N) is 2. The number of sulfonamides is 1. The standard InChI is InChI=1S/C24H25N3O7S/c28-22-9-8-20(23(29)25-22)27-14-19-18(24(27)30)2-1-3-21(19)34-15-16-4-6-17(7-5-16)35(31,32)26-10-12-33-13-11-26/h1-7,20H,8-15H2,(H,25,28,29). The number of fused-ring (bicyclic) bond motifs is 1. The summed E-state index contributed by atoms with van der Waals surface area (Å²) < 4.78 is 38.2. The van der Waals surface area contributed by atoms with E-state index in [2.05, 4.69) is 5.32 Å². The van der Waals surface area contributed by atoms with Crippen LogP contribution in [0.1, 0.15) is 34.3 Å². The maximum atomic E-state index is 12.9. The lowest BCUT2D eigenvalue weighted by molar-refractivity contribution is -0.136. The summed E-state index contributed by atoms with van der Waals surface area (Å²) in [5.74, 6) is -0.534. The van der Waals surface area contributed by atoms with Crippen LogP contribution in [0.3, 0.4) is 0 Å². The van der Waals surface area contributed by atoms with Gasteiger partial charge in [-0.1, -0.05) is 18.2 Å². The molecule has 10 nitrogen and oxygen atoms in total. The Hall–Kier alpha value is -3.28. The van der Waals surface area contributed by atoms with Crippen LogP contribution in [0.2, 0.25) is 0 Å². The summed E-state index contributed by atoms with van der Waals surface area (Å²) in [6.45, 7) is 1.84. The van der Waals surface area contributed by atoms with Gasteiger partial charge < -0.3 is 14.4 Å². The van der Waals surface area contributed by atoms with Gasteiger partial charge in [0.05, 0.1) is 24.7 Å². The topological polar surface area (TPSA) is 122 Å². The molecule has 0 radical (unpaired) electrons. The van der Waals surface area contributed by atoms with Gasteiger partial charge in [0.15, 0.2) is 0 Å². The minimum atomic E-state index is -3.57. The van der Waals surface area contributed by atoms with Crippen LogP contribution < -0.4 is 10.1 Å². The molecule has 0 aliphatic carbocycles. The molecule has 35 heavy (non-hydrogen) atoms. The average molecular weight is 500 g/mol. The molecule has 3 aliphatic heterocycles. The normalized spacial score (nSPS) is 21.1. The van der Waals surface area contributed by atoms with Gasteiger partial charge in [-0.05, 0) is 36.2 Å². The summed E-state index contributed by atoms with van der Waals surface area (Å²) in [4.78, 5) is 38.4. The molecule has 2 aromatic rings. The van der Waals surface area contributed by atoms with E-state index in [9.17, 15) is 22.8 Å². The molecule has 2 aromatic carbocycles. The van der Waals surface area contributed by atoms with Gasteiger partial charge in [0, 0.05) is 30.6 Å². The van der Waals surface area contributed by atoms with Gasteiger partial charge in [0.1, 0.15) is 18.4 Å². The first-order valence-corrected chi connectivity index (χ1v) is 12.8. The molecular formula is C24H25N3O7S. The van der Waals surface area contributed by atoms with Gasteiger partial charge in [-0.25, -0.2) is 8.42 Å². The monoisotopic (exact) mass is 499 g/mol. The number of nitrogens with one attached hydrogen (secondary N) is 1. The Labute approximate surface area is 202 Å². The predicted molar refractivity (Wildman–Crippen MR) is 123 cm³/mol. The zero-order valence-corrected chi connectivity index (χ0v) is 19.8. The maximum absolute atomic E-state index is 12.9. The first-order valence-electron chi connectivity index (χ1n) is 11.4. The Morgan fingerprint density at radius 1 is 1.03 bits per heavy atom. The maximum Gasteiger partial charge on any atom is 0.255 e. The molecule has 5 rings (SSSR count). The summed E-state index contributed by atoms with van der Waals surface area (Å²) in [6.07, 6.45) is 0.484. The molecule has 3 heterocycles. The van der Waals surface area contributed by atoms with Crippen molar-refractivity contribution in [2.24, 2.45) is 0 Å². The van der Waals surface area contributed by atoms with Gasteiger partial charge in [-0.15, -0.1) is 0 Å². The lowest BCUT2D eigenvalue weighted by Gasteiger charge is -2.29. The minimum absolute atomic E-state index is 0.181. The van der Waals surface area contributed by atoms with Crippen molar-refractivity contribution in [2.75, 3.05) is 26.3 Å². The number of ether oxygens (including phenoxy) is 2. The van der Waals surface area contributed by atoms with E-state index in [-0.39, 0.29) is 36.3 Å². The Balaban J connectivity index is 1.27. The Bertz CT molecular complexity index is 1270. The van der Waals surface area contributed by atoms with E-state index in [0.29, 0.717) is 49.6 Å². The van der Waals surface area contributed by atoms with Crippen LogP contribution in [0.25, 0.3) is 0 Å². The molecule has 11 heteroatoms.